The highest BCUT2D eigenvalue weighted by Gasteiger charge is 2.24. The topological polar surface area (TPSA) is 20.3 Å². The van der Waals surface area contributed by atoms with E-state index in [-0.39, 0.29) is 5.91 Å². The fraction of sp³-hybridized carbons (Fsp3) is 0.125. The largest absolute Gasteiger partial charge is 0.312 e. The Labute approximate surface area is 154 Å². The first-order chi connectivity index (χ1) is 12.8. The first-order valence-corrected chi connectivity index (χ1v) is 9.02. The second-order valence-electron chi connectivity index (χ2n) is 6.46. The van der Waals surface area contributed by atoms with Crippen molar-refractivity contribution in [2.24, 2.45) is 0 Å². The van der Waals surface area contributed by atoms with E-state index in [2.05, 4.69) is 48.5 Å². The van der Waals surface area contributed by atoms with Crippen molar-refractivity contribution in [3.8, 4) is 0 Å². The van der Waals surface area contributed by atoms with E-state index in [0.29, 0.717) is 13.0 Å². The van der Waals surface area contributed by atoms with Gasteiger partial charge < -0.3 is 4.90 Å². The van der Waals surface area contributed by atoms with E-state index in [9.17, 15) is 4.79 Å². The lowest BCUT2D eigenvalue weighted by molar-refractivity contribution is -0.117. The zero-order valence-electron chi connectivity index (χ0n) is 14.9. The lowest BCUT2D eigenvalue weighted by Gasteiger charge is -2.28. The summed E-state index contributed by atoms with van der Waals surface area (Å²) in [4.78, 5) is 14.8. The zero-order chi connectivity index (χ0) is 17.9. The van der Waals surface area contributed by atoms with Crippen LogP contribution in [0.25, 0.3) is 11.6 Å². The molecule has 2 nitrogen and oxygen atoms in total. The molecule has 3 aromatic rings. The van der Waals surface area contributed by atoms with Gasteiger partial charge in [0.05, 0.1) is 12.1 Å². The van der Waals surface area contributed by atoms with Crippen LogP contribution in [0, 0.1) is 0 Å². The van der Waals surface area contributed by atoms with Crippen LogP contribution in [-0.4, -0.2) is 12.5 Å². The standard InChI is InChI=1S/C24H21NO/c1-2-25-23-15-9-8-14-21(23)22(16-18-10-4-3-5-11-18)20-13-7-6-12-19(20)17-24(25)26/h3-16H,2,17H2,1H3/b22-16+. The number of fused-ring (bicyclic) bond motifs is 2. The first-order valence-electron chi connectivity index (χ1n) is 9.02. The summed E-state index contributed by atoms with van der Waals surface area (Å²) in [7, 11) is 0. The molecule has 1 aliphatic rings. The first kappa shape index (κ1) is 16.3. The van der Waals surface area contributed by atoms with E-state index in [1.54, 1.807) is 0 Å². The number of nitrogens with zero attached hydrogens (tertiary/aromatic N) is 1. The summed E-state index contributed by atoms with van der Waals surface area (Å²) in [5.41, 5.74) is 6.60. The lowest BCUT2D eigenvalue weighted by Crippen LogP contribution is -2.34. The van der Waals surface area contributed by atoms with Crippen LogP contribution in [0.3, 0.4) is 0 Å². The second kappa shape index (κ2) is 7.01. The molecular formula is C24H21NO. The minimum atomic E-state index is 0.145. The smallest absolute Gasteiger partial charge is 0.231 e. The number of likely N-dealkylation sites (N-methyl/N-ethyl adjacent to an activating group) is 1. The van der Waals surface area contributed by atoms with Gasteiger partial charge in [-0.3, -0.25) is 4.79 Å². The summed E-state index contributed by atoms with van der Waals surface area (Å²) in [6.07, 6.45) is 2.64. The SMILES string of the molecule is CCN1C(=O)Cc2ccccc2/C(=C\c2ccccc2)c2ccccc21. The van der Waals surface area contributed by atoms with Crippen molar-refractivity contribution in [1.29, 1.82) is 0 Å². The van der Waals surface area contributed by atoms with Gasteiger partial charge in [-0.15, -0.1) is 0 Å². The summed E-state index contributed by atoms with van der Waals surface area (Å²) < 4.78 is 0. The number of para-hydroxylation sites is 1. The summed E-state index contributed by atoms with van der Waals surface area (Å²) in [5.74, 6) is 0.145. The van der Waals surface area contributed by atoms with Crippen molar-refractivity contribution in [2.45, 2.75) is 13.3 Å². The number of carbonyl (C=O) groups excluding carboxylic acids is 1. The monoisotopic (exact) mass is 339 g/mol. The third-order valence-corrected chi connectivity index (χ3v) is 4.86. The highest BCUT2D eigenvalue weighted by atomic mass is 16.2. The van der Waals surface area contributed by atoms with E-state index < -0.39 is 0 Å². The van der Waals surface area contributed by atoms with Gasteiger partial charge >= 0.3 is 0 Å². The summed E-state index contributed by atoms with van der Waals surface area (Å²) in [5, 5.41) is 0. The van der Waals surface area contributed by atoms with Gasteiger partial charge in [-0.1, -0.05) is 72.8 Å². The Hall–Kier alpha value is -3.13. The number of benzene rings is 3. The van der Waals surface area contributed by atoms with Crippen molar-refractivity contribution in [1.82, 2.24) is 0 Å². The van der Waals surface area contributed by atoms with E-state index in [1.165, 1.54) is 0 Å². The van der Waals surface area contributed by atoms with Gasteiger partial charge in [0.25, 0.3) is 0 Å². The molecule has 0 saturated carbocycles. The Bertz CT molecular complexity index is 972. The third kappa shape index (κ3) is 2.95. The number of amides is 1. The Morgan fingerprint density at radius 3 is 2.27 bits per heavy atom. The van der Waals surface area contributed by atoms with Crippen molar-refractivity contribution in [3.05, 3.63) is 101 Å². The predicted octanol–water partition coefficient (Wildman–Crippen LogP) is 5.18. The minimum absolute atomic E-state index is 0.145. The van der Waals surface area contributed by atoms with Crippen LogP contribution in [0.2, 0.25) is 0 Å². The molecule has 3 aromatic carbocycles. The average molecular weight is 339 g/mol. The second-order valence-corrected chi connectivity index (χ2v) is 6.46. The van der Waals surface area contributed by atoms with Crippen LogP contribution in [0.4, 0.5) is 5.69 Å². The maximum Gasteiger partial charge on any atom is 0.231 e. The van der Waals surface area contributed by atoms with Gasteiger partial charge in [0.2, 0.25) is 5.91 Å². The maximum absolute atomic E-state index is 12.9. The van der Waals surface area contributed by atoms with Gasteiger partial charge in [0, 0.05) is 12.1 Å². The highest BCUT2D eigenvalue weighted by molar-refractivity contribution is 6.05. The van der Waals surface area contributed by atoms with Crippen LogP contribution in [0.5, 0.6) is 0 Å². The molecule has 128 valence electrons. The Morgan fingerprint density at radius 1 is 0.846 bits per heavy atom. The molecule has 4 rings (SSSR count). The summed E-state index contributed by atoms with van der Waals surface area (Å²) in [6.45, 7) is 2.69. The van der Waals surface area contributed by atoms with Crippen LogP contribution < -0.4 is 4.90 Å². The normalized spacial score (nSPS) is 15.2. The molecule has 1 amide bonds. The molecule has 0 unspecified atom stereocenters. The Morgan fingerprint density at radius 2 is 1.50 bits per heavy atom. The molecule has 0 spiro atoms. The summed E-state index contributed by atoms with van der Waals surface area (Å²) in [6, 6.07) is 26.8. The molecule has 0 atom stereocenters. The molecule has 26 heavy (non-hydrogen) atoms. The Balaban J connectivity index is 2.02. The quantitative estimate of drug-likeness (QED) is 0.629. The zero-order valence-corrected chi connectivity index (χ0v) is 14.9. The molecule has 0 N–H and O–H groups in total. The average Bonchev–Trinajstić information content (AvgIpc) is 2.68. The molecule has 1 aliphatic heterocycles. The minimum Gasteiger partial charge on any atom is -0.312 e. The van der Waals surface area contributed by atoms with Gasteiger partial charge in [0.1, 0.15) is 0 Å². The Kier molecular flexibility index (Phi) is 4.40. The molecule has 0 fully saturated rings. The summed E-state index contributed by atoms with van der Waals surface area (Å²) >= 11 is 0. The van der Waals surface area contributed by atoms with Gasteiger partial charge in [-0.2, -0.15) is 0 Å². The van der Waals surface area contributed by atoms with E-state index in [0.717, 1.165) is 33.5 Å². The van der Waals surface area contributed by atoms with E-state index in [1.807, 2.05) is 48.2 Å². The molecular weight excluding hydrogens is 318 g/mol. The molecule has 0 saturated heterocycles. The van der Waals surface area contributed by atoms with Gasteiger partial charge in [-0.25, -0.2) is 0 Å². The molecule has 2 heteroatoms. The third-order valence-electron chi connectivity index (χ3n) is 4.86. The van der Waals surface area contributed by atoms with Crippen LogP contribution in [-0.2, 0) is 11.2 Å². The van der Waals surface area contributed by atoms with E-state index in [4.69, 9.17) is 0 Å². The van der Waals surface area contributed by atoms with Crippen LogP contribution in [0.1, 0.15) is 29.2 Å². The van der Waals surface area contributed by atoms with E-state index >= 15 is 0 Å². The fourth-order valence-electron chi connectivity index (χ4n) is 3.63. The highest BCUT2D eigenvalue weighted by Crippen LogP contribution is 2.37. The number of hydrogen-bond donors (Lipinski definition) is 0. The van der Waals surface area contributed by atoms with Crippen molar-refractivity contribution < 1.29 is 4.79 Å². The van der Waals surface area contributed by atoms with Crippen molar-refractivity contribution in [3.63, 3.8) is 0 Å². The molecule has 0 radical (unpaired) electrons. The maximum atomic E-state index is 12.9. The molecule has 0 aliphatic carbocycles. The lowest BCUT2D eigenvalue weighted by atomic mass is 9.88. The number of rotatable bonds is 2. The fourth-order valence-corrected chi connectivity index (χ4v) is 3.63. The predicted molar refractivity (Wildman–Crippen MR) is 108 cm³/mol. The number of anilines is 1. The van der Waals surface area contributed by atoms with Gasteiger partial charge in [-0.05, 0) is 41.3 Å². The van der Waals surface area contributed by atoms with Crippen LogP contribution in [0.15, 0.2) is 78.9 Å². The molecule has 0 bridgehead atoms. The number of hydrogen-bond acceptors (Lipinski definition) is 1. The molecule has 1 heterocycles. The number of carbonyl (C=O) groups is 1. The van der Waals surface area contributed by atoms with Crippen molar-refractivity contribution >= 4 is 23.2 Å². The van der Waals surface area contributed by atoms with Crippen molar-refractivity contribution in [2.75, 3.05) is 11.4 Å². The van der Waals surface area contributed by atoms with Gasteiger partial charge in [0.15, 0.2) is 0 Å². The molecule has 0 aromatic heterocycles. The van der Waals surface area contributed by atoms with Crippen LogP contribution >= 0.6 is 0 Å².